The smallest absolute Gasteiger partial charge is 0.399 e. The number of imidazole rings is 1. The minimum atomic E-state index is -0.678. The van der Waals surface area contributed by atoms with E-state index in [0.29, 0.717) is 5.46 Å². The number of nitriles is 1. The molecule has 3 rings (SSSR count). The molecule has 0 aromatic carbocycles. The normalized spacial score (nSPS) is 19.9. The molecule has 1 aliphatic heterocycles. The molecule has 0 unspecified atom stereocenters. The number of aromatic nitrogens is 2. The summed E-state index contributed by atoms with van der Waals surface area (Å²) in [6.45, 7) is 7.72. The van der Waals surface area contributed by atoms with Gasteiger partial charge in [-0.2, -0.15) is 5.26 Å². The van der Waals surface area contributed by atoms with E-state index in [4.69, 9.17) is 14.6 Å². The predicted octanol–water partition coefficient (Wildman–Crippen LogP) is 1.64. The molecular formula is C14H15BFN3O2. The second-order valence-electron chi connectivity index (χ2n) is 6.16. The zero-order valence-electron chi connectivity index (χ0n) is 12.3. The molecule has 3 heterocycles. The van der Waals surface area contributed by atoms with Crippen LogP contribution in [0.5, 0.6) is 0 Å². The summed E-state index contributed by atoms with van der Waals surface area (Å²) in [4.78, 5) is 3.90. The fraction of sp³-hybridized carbons (Fsp3) is 0.429. The standard InChI is InChI=1S/C14H15BFN3O2/c1-13(2)14(3,4)21-15(20-13)9-5-11(16)12-18-7-10(6-17)19(12)8-9/h5,7-8H,1-4H3. The van der Waals surface area contributed by atoms with E-state index in [9.17, 15) is 4.39 Å². The van der Waals surface area contributed by atoms with E-state index >= 15 is 0 Å². The summed E-state index contributed by atoms with van der Waals surface area (Å²) in [5, 5.41) is 9.04. The monoisotopic (exact) mass is 287 g/mol. The Morgan fingerprint density at radius 3 is 2.48 bits per heavy atom. The molecule has 0 atom stereocenters. The van der Waals surface area contributed by atoms with E-state index in [-0.39, 0.29) is 11.3 Å². The third kappa shape index (κ3) is 2.03. The average Bonchev–Trinajstić information content (AvgIpc) is 2.88. The van der Waals surface area contributed by atoms with Gasteiger partial charge in [0, 0.05) is 11.7 Å². The molecule has 1 saturated heterocycles. The first-order valence-corrected chi connectivity index (χ1v) is 6.67. The highest BCUT2D eigenvalue weighted by Gasteiger charge is 2.52. The highest BCUT2D eigenvalue weighted by atomic mass is 19.1. The molecule has 0 aliphatic carbocycles. The maximum Gasteiger partial charge on any atom is 0.496 e. The highest BCUT2D eigenvalue weighted by Crippen LogP contribution is 2.36. The molecular weight excluding hydrogens is 272 g/mol. The van der Waals surface area contributed by atoms with Crippen molar-refractivity contribution < 1.29 is 13.7 Å². The lowest BCUT2D eigenvalue weighted by molar-refractivity contribution is 0.00578. The van der Waals surface area contributed by atoms with Crippen molar-refractivity contribution in [1.82, 2.24) is 9.38 Å². The van der Waals surface area contributed by atoms with Crippen LogP contribution in [-0.4, -0.2) is 27.7 Å². The van der Waals surface area contributed by atoms with Crippen molar-refractivity contribution in [3.63, 3.8) is 0 Å². The first-order chi connectivity index (χ1) is 9.75. The molecule has 1 fully saturated rings. The van der Waals surface area contributed by atoms with Crippen LogP contribution in [0, 0.1) is 17.1 Å². The fourth-order valence-corrected chi connectivity index (χ4v) is 2.26. The molecule has 21 heavy (non-hydrogen) atoms. The summed E-state index contributed by atoms with van der Waals surface area (Å²) in [5.74, 6) is -0.510. The van der Waals surface area contributed by atoms with E-state index < -0.39 is 24.1 Å². The molecule has 5 nitrogen and oxygen atoms in total. The molecule has 7 heteroatoms. The summed E-state index contributed by atoms with van der Waals surface area (Å²) in [6.07, 6.45) is 2.97. The first kappa shape index (κ1) is 14.0. The van der Waals surface area contributed by atoms with Gasteiger partial charge in [0.05, 0.1) is 17.4 Å². The van der Waals surface area contributed by atoms with E-state index in [2.05, 4.69) is 4.98 Å². The summed E-state index contributed by atoms with van der Waals surface area (Å²) in [6, 6.07) is 3.32. The number of hydrogen-bond donors (Lipinski definition) is 0. The van der Waals surface area contributed by atoms with Crippen LogP contribution >= 0.6 is 0 Å². The van der Waals surface area contributed by atoms with E-state index in [0.717, 1.165) is 0 Å². The number of fused-ring (bicyclic) bond motifs is 1. The molecule has 1 aliphatic rings. The third-order valence-corrected chi connectivity index (χ3v) is 4.22. The number of nitrogens with zero attached hydrogens (tertiary/aromatic N) is 3. The van der Waals surface area contributed by atoms with Gasteiger partial charge in [-0.1, -0.05) is 0 Å². The fourth-order valence-electron chi connectivity index (χ4n) is 2.26. The van der Waals surface area contributed by atoms with E-state index in [1.807, 2.05) is 33.8 Å². The Balaban J connectivity index is 2.09. The van der Waals surface area contributed by atoms with E-state index in [1.165, 1.54) is 16.7 Å². The Labute approximate surface area is 122 Å². The zero-order valence-corrected chi connectivity index (χ0v) is 12.3. The van der Waals surface area contributed by atoms with Gasteiger partial charge < -0.3 is 9.31 Å². The summed E-state index contributed by atoms with van der Waals surface area (Å²) >= 11 is 0. The maximum absolute atomic E-state index is 14.1. The predicted molar refractivity (Wildman–Crippen MR) is 75.6 cm³/mol. The molecule has 2 aromatic heterocycles. The van der Waals surface area contributed by atoms with Gasteiger partial charge in [-0.3, -0.25) is 4.40 Å². The van der Waals surface area contributed by atoms with Gasteiger partial charge in [0.15, 0.2) is 11.5 Å². The van der Waals surface area contributed by atoms with Crippen LogP contribution in [0.15, 0.2) is 18.5 Å². The van der Waals surface area contributed by atoms with Crippen molar-refractivity contribution in [3.8, 4) is 6.07 Å². The van der Waals surface area contributed by atoms with Crippen LogP contribution in [0.1, 0.15) is 33.4 Å². The Kier molecular flexibility index (Phi) is 2.87. The molecule has 108 valence electrons. The van der Waals surface area contributed by atoms with Crippen molar-refractivity contribution in [2.75, 3.05) is 0 Å². The molecule has 0 spiro atoms. The molecule has 0 amide bonds. The highest BCUT2D eigenvalue weighted by molar-refractivity contribution is 6.62. The zero-order chi connectivity index (χ0) is 15.4. The summed E-state index contributed by atoms with van der Waals surface area (Å²) in [5.41, 5.74) is -0.103. The largest absolute Gasteiger partial charge is 0.496 e. The molecule has 0 N–H and O–H groups in total. The van der Waals surface area contributed by atoms with Crippen LogP contribution in [0.3, 0.4) is 0 Å². The Bertz CT molecular complexity index is 747. The maximum atomic E-state index is 14.1. The topological polar surface area (TPSA) is 59.5 Å². The second-order valence-corrected chi connectivity index (χ2v) is 6.16. The van der Waals surface area contributed by atoms with Crippen LogP contribution < -0.4 is 5.46 Å². The Morgan fingerprint density at radius 1 is 1.29 bits per heavy atom. The van der Waals surface area contributed by atoms with Crippen molar-refractivity contribution in [2.24, 2.45) is 0 Å². The summed E-state index contributed by atoms with van der Waals surface area (Å²) < 4.78 is 27.3. The van der Waals surface area contributed by atoms with Crippen molar-refractivity contribution in [2.45, 2.75) is 38.9 Å². The SMILES string of the molecule is CC1(C)OB(c2cc(F)c3ncc(C#N)n3c2)OC1(C)C. The molecule has 0 saturated carbocycles. The number of hydrogen-bond acceptors (Lipinski definition) is 4. The lowest BCUT2D eigenvalue weighted by atomic mass is 9.80. The number of halogens is 1. The second kappa shape index (κ2) is 4.29. The number of pyridine rings is 1. The van der Waals surface area contributed by atoms with Crippen molar-refractivity contribution >= 4 is 18.2 Å². The Morgan fingerprint density at radius 2 is 1.90 bits per heavy atom. The van der Waals surface area contributed by atoms with E-state index in [1.54, 1.807) is 6.20 Å². The quantitative estimate of drug-likeness (QED) is 0.748. The average molecular weight is 287 g/mol. The van der Waals surface area contributed by atoms with Crippen LogP contribution in [0.2, 0.25) is 0 Å². The molecule has 0 radical (unpaired) electrons. The van der Waals surface area contributed by atoms with Gasteiger partial charge in [0.2, 0.25) is 0 Å². The Hall–Kier alpha value is -1.91. The minimum absolute atomic E-state index is 0.117. The summed E-state index contributed by atoms with van der Waals surface area (Å²) in [7, 11) is -0.678. The van der Waals surface area contributed by atoms with Crippen LogP contribution in [-0.2, 0) is 9.31 Å². The first-order valence-electron chi connectivity index (χ1n) is 6.67. The molecule has 0 bridgehead atoms. The van der Waals surface area contributed by atoms with Gasteiger partial charge in [0.1, 0.15) is 11.8 Å². The minimum Gasteiger partial charge on any atom is -0.399 e. The number of rotatable bonds is 1. The van der Waals surface area contributed by atoms with Gasteiger partial charge in [-0.05, 0) is 33.8 Å². The third-order valence-electron chi connectivity index (χ3n) is 4.22. The van der Waals surface area contributed by atoms with Gasteiger partial charge in [-0.25, -0.2) is 9.37 Å². The van der Waals surface area contributed by atoms with Crippen molar-refractivity contribution in [3.05, 3.63) is 30.0 Å². The lowest BCUT2D eigenvalue weighted by Crippen LogP contribution is -2.41. The molecule has 2 aromatic rings. The lowest BCUT2D eigenvalue weighted by Gasteiger charge is -2.32. The van der Waals surface area contributed by atoms with Crippen LogP contribution in [0.25, 0.3) is 5.65 Å². The van der Waals surface area contributed by atoms with Gasteiger partial charge in [0.25, 0.3) is 0 Å². The van der Waals surface area contributed by atoms with Gasteiger partial charge in [-0.15, -0.1) is 0 Å². The van der Waals surface area contributed by atoms with Gasteiger partial charge >= 0.3 is 7.12 Å². The van der Waals surface area contributed by atoms with Crippen molar-refractivity contribution in [1.29, 1.82) is 5.26 Å². The van der Waals surface area contributed by atoms with Crippen LogP contribution in [0.4, 0.5) is 4.39 Å².